The summed E-state index contributed by atoms with van der Waals surface area (Å²) in [5.74, 6) is -0.470. The van der Waals surface area contributed by atoms with Gasteiger partial charge in [0, 0.05) is 49.0 Å². The number of amides is 4. The Kier molecular flexibility index (Phi) is 17.1. The number of carbonyl (C=O) groups is 4. The van der Waals surface area contributed by atoms with Crippen LogP contribution in [-0.4, -0.2) is 120 Å². The Hall–Kier alpha value is -6.14. The average Bonchev–Trinajstić information content (AvgIpc) is 3.95. The molecule has 4 aliphatic heterocycles. The molecule has 6 N–H and O–H groups in total. The summed E-state index contributed by atoms with van der Waals surface area (Å²) >= 11 is 0. The summed E-state index contributed by atoms with van der Waals surface area (Å²) in [6, 6.07) is 22.8. The van der Waals surface area contributed by atoms with Crippen LogP contribution in [0.25, 0.3) is 0 Å². The number of fused-ring (bicyclic) bond motifs is 3. The molecular weight excluding hydrogens is 917 g/mol. The molecule has 8 rings (SSSR count). The number of aliphatic hydroxyl groups excluding tert-OH is 3. The van der Waals surface area contributed by atoms with Crippen LogP contribution in [0.15, 0.2) is 91.0 Å². The molecule has 0 aliphatic carbocycles. The molecule has 0 radical (unpaired) electrons. The number of nitrogens with one attached hydrogen (secondary N) is 2. The Morgan fingerprint density at radius 3 is 1.86 bits per heavy atom. The van der Waals surface area contributed by atoms with Gasteiger partial charge in [0.25, 0.3) is 5.91 Å². The van der Waals surface area contributed by atoms with Gasteiger partial charge in [-0.15, -0.1) is 0 Å². The Morgan fingerprint density at radius 1 is 0.750 bits per heavy atom. The number of likely N-dealkylation sites (tertiary alicyclic amines) is 1. The number of anilines is 5. The van der Waals surface area contributed by atoms with Crippen LogP contribution in [0.3, 0.4) is 0 Å². The van der Waals surface area contributed by atoms with Crippen molar-refractivity contribution in [3.05, 3.63) is 113 Å². The number of ether oxygens (including phenoxy) is 2. The SMILES string of the molecule is CCOc1ccc2c(c1)CC(NCCCCO)C(=O)N2c1ccc(CN2C(=O)[C@](O)([C@H](C)/C=C/CC(=O)N3CCC[C@H]3CO)c3cc(N4C(=O)C(NCCCCO)Cc5cc(OCC)ccc54)ccc32)cc1. The fourth-order valence-corrected chi connectivity index (χ4v) is 10.6. The maximum absolute atomic E-state index is 15.1. The molecule has 0 spiro atoms. The van der Waals surface area contributed by atoms with Gasteiger partial charge in [-0.05, 0) is 162 Å². The van der Waals surface area contributed by atoms with E-state index in [4.69, 9.17) is 9.47 Å². The van der Waals surface area contributed by atoms with Gasteiger partial charge in [-0.3, -0.25) is 29.0 Å². The molecule has 0 aromatic heterocycles. The summed E-state index contributed by atoms with van der Waals surface area (Å²) in [5, 5.41) is 48.4. The lowest BCUT2D eigenvalue weighted by Crippen LogP contribution is -2.49. The van der Waals surface area contributed by atoms with E-state index in [9.17, 15) is 34.8 Å². The zero-order valence-corrected chi connectivity index (χ0v) is 41.7. The van der Waals surface area contributed by atoms with Crippen LogP contribution in [0.4, 0.5) is 28.4 Å². The molecule has 1 saturated heterocycles. The second-order valence-corrected chi connectivity index (χ2v) is 19.1. The largest absolute Gasteiger partial charge is 0.494 e. The molecule has 72 heavy (non-hydrogen) atoms. The van der Waals surface area contributed by atoms with Crippen molar-refractivity contribution >= 4 is 52.1 Å². The van der Waals surface area contributed by atoms with Crippen LogP contribution >= 0.6 is 0 Å². The van der Waals surface area contributed by atoms with Gasteiger partial charge in [0.1, 0.15) is 11.5 Å². The lowest BCUT2D eigenvalue weighted by molar-refractivity contribution is -0.139. The van der Waals surface area contributed by atoms with E-state index in [2.05, 4.69) is 10.6 Å². The van der Waals surface area contributed by atoms with E-state index in [1.54, 1.807) is 56.9 Å². The third-order valence-electron chi connectivity index (χ3n) is 14.4. The number of nitrogens with zero attached hydrogens (tertiary/aromatic N) is 4. The minimum absolute atomic E-state index is 0.0295. The first-order valence-corrected chi connectivity index (χ1v) is 25.7. The third kappa shape index (κ3) is 10.8. The van der Waals surface area contributed by atoms with Gasteiger partial charge in [-0.2, -0.15) is 0 Å². The van der Waals surface area contributed by atoms with Crippen molar-refractivity contribution < 1.29 is 49.1 Å². The van der Waals surface area contributed by atoms with Crippen molar-refractivity contribution in [2.75, 3.05) is 67.4 Å². The molecule has 384 valence electrons. The van der Waals surface area contributed by atoms with E-state index in [-0.39, 0.29) is 56.5 Å². The highest BCUT2D eigenvalue weighted by molar-refractivity contribution is 6.10. The molecule has 4 amide bonds. The minimum Gasteiger partial charge on any atom is -0.494 e. The first kappa shape index (κ1) is 52.2. The number of hydrogen-bond acceptors (Lipinski definition) is 12. The molecule has 16 heteroatoms. The Bertz CT molecular complexity index is 2610. The van der Waals surface area contributed by atoms with Crippen molar-refractivity contribution in [3.63, 3.8) is 0 Å². The highest BCUT2D eigenvalue weighted by Crippen LogP contribution is 2.49. The monoisotopic (exact) mass is 987 g/mol. The summed E-state index contributed by atoms with van der Waals surface area (Å²) in [4.78, 5) is 63.7. The Morgan fingerprint density at radius 2 is 1.31 bits per heavy atom. The van der Waals surface area contributed by atoms with E-state index in [0.29, 0.717) is 105 Å². The van der Waals surface area contributed by atoms with Gasteiger partial charge in [-0.25, -0.2) is 0 Å². The maximum atomic E-state index is 15.1. The predicted octanol–water partition coefficient (Wildman–Crippen LogP) is 5.69. The molecule has 1 fully saturated rings. The Balaban J connectivity index is 1.13. The van der Waals surface area contributed by atoms with Gasteiger partial charge in [-0.1, -0.05) is 31.2 Å². The number of rotatable bonds is 23. The molecule has 2 unspecified atom stereocenters. The van der Waals surface area contributed by atoms with Crippen LogP contribution in [-0.2, 0) is 44.2 Å². The second-order valence-electron chi connectivity index (χ2n) is 19.1. The normalized spacial score (nSPS) is 21.1. The predicted molar refractivity (Wildman–Crippen MR) is 276 cm³/mol. The van der Waals surface area contributed by atoms with E-state index in [1.165, 1.54) is 0 Å². The molecule has 4 aromatic rings. The van der Waals surface area contributed by atoms with E-state index in [0.717, 1.165) is 41.6 Å². The van der Waals surface area contributed by atoms with Crippen LogP contribution < -0.4 is 34.8 Å². The van der Waals surface area contributed by atoms with Crippen LogP contribution in [0.5, 0.6) is 11.5 Å². The molecule has 4 aliphatic rings. The number of unbranched alkanes of at least 4 members (excludes halogenated alkanes) is 2. The van der Waals surface area contributed by atoms with Crippen molar-refractivity contribution in [2.45, 2.75) is 109 Å². The van der Waals surface area contributed by atoms with Crippen LogP contribution in [0.2, 0.25) is 0 Å². The zero-order valence-electron chi connectivity index (χ0n) is 41.7. The number of hydrogen-bond donors (Lipinski definition) is 6. The van der Waals surface area contributed by atoms with E-state index < -0.39 is 29.5 Å². The second kappa shape index (κ2) is 23.6. The number of benzene rings is 4. The molecule has 0 bridgehead atoms. The highest BCUT2D eigenvalue weighted by Gasteiger charge is 2.53. The highest BCUT2D eigenvalue weighted by atomic mass is 16.5. The van der Waals surface area contributed by atoms with Gasteiger partial charge in [0.2, 0.25) is 17.7 Å². The Labute approximate surface area is 422 Å². The minimum atomic E-state index is -2.11. The summed E-state index contributed by atoms with van der Waals surface area (Å²) in [6.45, 7) is 8.29. The third-order valence-corrected chi connectivity index (χ3v) is 14.4. The lowest BCUT2D eigenvalue weighted by Gasteiger charge is -2.35. The molecule has 0 saturated carbocycles. The number of aliphatic hydroxyl groups is 4. The zero-order chi connectivity index (χ0) is 50.9. The standard InChI is InChI=1S/C56H70N6O10/c1-4-71-44-20-23-49-39(30-44)32-47(57-25-6-8-28-63)53(67)61(49)41-17-15-38(16-18-41)35-60-51-22-19-42(62-50-24-21-45(72-5-2)31-40(50)33-48(54(62)68)58-26-7-9-29-64)34-46(51)56(70,55(60)69)37(3)12-10-14-52(66)59-27-11-13-43(59)36-65/h10,12,15-24,30-31,34,37,43,47-48,57-58,63-65,70H,4-9,11,13-14,25-29,32-33,35-36H2,1-3H3/b12-10+/t37-,43+,47?,48?,56+/m1/s1. The number of carbonyl (C=O) groups excluding carboxylic acids is 4. The quantitative estimate of drug-likeness (QED) is 0.0392. The average molecular weight is 987 g/mol. The summed E-state index contributed by atoms with van der Waals surface area (Å²) in [5.41, 5.74) is 3.73. The molecule has 4 heterocycles. The van der Waals surface area contributed by atoms with Crippen LogP contribution in [0.1, 0.15) is 88.0 Å². The van der Waals surface area contributed by atoms with Gasteiger partial charge < -0.3 is 50.3 Å². The van der Waals surface area contributed by atoms with Crippen molar-refractivity contribution in [1.29, 1.82) is 0 Å². The molecule has 5 atom stereocenters. The fourth-order valence-electron chi connectivity index (χ4n) is 10.6. The van der Waals surface area contributed by atoms with Gasteiger partial charge in [0.15, 0.2) is 5.60 Å². The first-order chi connectivity index (χ1) is 34.9. The fraction of sp³-hybridized carbons (Fsp3) is 0.464. The summed E-state index contributed by atoms with van der Waals surface area (Å²) in [6.07, 6.45) is 8.46. The molecular formula is C56H70N6O10. The van der Waals surface area contributed by atoms with Crippen molar-refractivity contribution in [1.82, 2.24) is 15.5 Å². The maximum Gasteiger partial charge on any atom is 0.264 e. The smallest absolute Gasteiger partial charge is 0.264 e. The first-order valence-electron chi connectivity index (χ1n) is 25.7. The molecule has 16 nitrogen and oxygen atoms in total. The van der Waals surface area contributed by atoms with Crippen molar-refractivity contribution in [2.24, 2.45) is 5.92 Å². The van der Waals surface area contributed by atoms with Crippen LogP contribution in [0, 0.1) is 5.92 Å². The van der Waals surface area contributed by atoms with E-state index >= 15 is 4.79 Å². The van der Waals surface area contributed by atoms with E-state index in [1.807, 2.05) is 74.5 Å². The van der Waals surface area contributed by atoms with Gasteiger partial charge >= 0.3 is 0 Å². The topological polar surface area (TPSA) is 205 Å². The molecule has 4 aromatic carbocycles. The summed E-state index contributed by atoms with van der Waals surface area (Å²) < 4.78 is 11.7. The summed E-state index contributed by atoms with van der Waals surface area (Å²) in [7, 11) is 0. The lowest BCUT2D eigenvalue weighted by atomic mass is 9.82. The van der Waals surface area contributed by atoms with Gasteiger partial charge in [0.05, 0.1) is 61.6 Å². The van der Waals surface area contributed by atoms with Crippen molar-refractivity contribution in [3.8, 4) is 11.5 Å².